The van der Waals surface area contributed by atoms with E-state index in [4.69, 9.17) is 17.3 Å². The fraction of sp³-hybridized carbons (Fsp3) is 0.400. The molecule has 0 aliphatic carbocycles. The minimum Gasteiger partial charge on any atom is -0.396 e. The summed E-state index contributed by atoms with van der Waals surface area (Å²) >= 11 is 4.98. The van der Waals surface area contributed by atoms with Gasteiger partial charge in [0.2, 0.25) is 0 Å². The van der Waals surface area contributed by atoms with Gasteiger partial charge in [-0.1, -0.05) is 12.2 Å². The standard InChI is InChI=1S/C10H14N2O2S/c1-7(4-6-13)12-9(14)8-3-2-5-11-10(8)15/h2-3,5,7,13H,4,6H2,1H3,(H,11,15)(H,12,14). The Bertz CT molecular complexity index is 389. The Labute approximate surface area is 93.3 Å². The highest BCUT2D eigenvalue weighted by Gasteiger charge is 2.10. The van der Waals surface area contributed by atoms with E-state index in [-0.39, 0.29) is 18.6 Å². The fourth-order valence-corrected chi connectivity index (χ4v) is 1.40. The average molecular weight is 226 g/mol. The summed E-state index contributed by atoms with van der Waals surface area (Å²) in [6.07, 6.45) is 2.21. The van der Waals surface area contributed by atoms with Gasteiger partial charge in [0.15, 0.2) is 0 Å². The fourth-order valence-electron chi connectivity index (χ4n) is 1.17. The number of hydrogen-bond acceptors (Lipinski definition) is 3. The number of aromatic amines is 1. The zero-order valence-corrected chi connectivity index (χ0v) is 9.30. The van der Waals surface area contributed by atoms with E-state index < -0.39 is 0 Å². The lowest BCUT2D eigenvalue weighted by atomic mass is 10.2. The van der Waals surface area contributed by atoms with Crippen molar-refractivity contribution in [3.8, 4) is 0 Å². The maximum atomic E-state index is 11.7. The minimum atomic E-state index is -0.210. The molecular weight excluding hydrogens is 212 g/mol. The third-order valence-electron chi connectivity index (χ3n) is 2.00. The molecule has 15 heavy (non-hydrogen) atoms. The van der Waals surface area contributed by atoms with Crippen LogP contribution in [0.5, 0.6) is 0 Å². The third kappa shape index (κ3) is 3.45. The van der Waals surface area contributed by atoms with Gasteiger partial charge in [0.1, 0.15) is 4.64 Å². The molecule has 0 aliphatic heterocycles. The summed E-state index contributed by atoms with van der Waals surface area (Å²) in [5.41, 5.74) is 0.456. The topological polar surface area (TPSA) is 65.1 Å². The molecule has 0 saturated carbocycles. The van der Waals surface area contributed by atoms with E-state index in [1.54, 1.807) is 18.3 Å². The number of hydrogen-bond donors (Lipinski definition) is 3. The molecule has 1 unspecified atom stereocenters. The lowest BCUT2D eigenvalue weighted by Gasteiger charge is -2.12. The molecule has 0 bridgehead atoms. The Kier molecular flexibility index (Phi) is 4.45. The molecular formula is C10H14N2O2S. The molecule has 0 spiro atoms. The Morgan fingerprint density at radius 2 is 2.47 bits per heavy atom. The van der Waals surface area contributed by atoms with Crippen LogP contribution in [0.1, 0.15) is 23.7 Å². The molecule has 4 nitrogen and oxygen atoms in total. The van der Waals surface area contributed by atoms with Gasteiger partial charge in [-0.2, -0.15) is 0 Å². The molecule has 3 N–H and O–H groups in total. The van der Waals surface area contributed by atoms with Crippen LogP contribution in [0.3, 0.4) is 0 Å². The van der Waals surface area contributed by atoms with Crippen LogP contribution in [0.2, 0.25) is 0 Å². The Hall–Kier alpha value is -1.20. The molecule has 5 heteroatoms. The number of pyridine rings is 1. The highest BCUT2D eigenvalue weighted by atomic mass is 32.1. The van der Waals surface area contributed by atoms with Crippen molar-refractivity contribution in [1.29, 1.82) is 0 Å². The number of carbonyl (C=O) groups excluding carboxylic acids is 1. The van der Waals surface area contributed by atoms with Gasteiger partial charge in [-0.05, 0) is 25.5 Å². The second-order valence-electron chi connectivity index (χ2n) is 3.30. The van der Waals surface area contributed by atoms with Crippen molar-refractivity contribution < 1.29 is 9.90 Å². The second kappa shape index (κ2) is 5.63. The zero-order valence-electron chi connectivity index (χ0n) is 8.49. The molecule has 0 aromatic carbocycles. The van der Waals surface area contributed by atoms with Crippen LogP contribution >= 0.6 is 12.2 Å². The molecule has 0 saturated heterocycles. The van der Waals surface area contributed by atoms with E-state index in [9.17, 15) is 4.79 Å². The van der Waals surface area contributed by atoms with E-state index in [1.165, 1.54) is 0 Å². The van der Waals surface area contributed by atoms with Crippen molar-refractivity contribution in [2.24, 2.45) is 0 Å². The molecule has 0 fully saturated rings. The first-order valence-electron chi connectivity index (χ1n) is 4.74. The minimum absolute atomic E-state index is 0.0582. The number of rotatable bonds is 4. The first-order valence-corrected chi connectivity index (χ1v) is 5.15. The third-order valence-corrected chi connectivity index (χ3v) is 2.34. The average Bonchev–Trinajstić information content (AvgIpc) is 2.18. The van der Waals surface area contributed by atoms with Crippen molar-refractivity contribution in [2.45, 2.75) is 19.4 Å². The number of aliphatic hydroxyl groups is 1. The van der Waals surface area contributed by atoms with Crippen molar-refractivity contribution in [3.05, 3.63) is 28.5 Å². The second-order valence-corrected chi connectivity index (χ2v) is 3.71. The summed E-state index contributed by atoms with van der Waals surface area (Å²) in [5, 5.41) is 11.4. The van der Waals surface area contributed by atoms with Crippen molar-refractivity contribution in [3.63, 3.8) is 0 Å². The molecule has 1 heterocycles. The quantitative estimate of drug-likeness (QED) is 0.677. The van der Waals surface area contributed by atoms with E-state index in [0.717, 1.165) is 0 Å². The van der Waals surface area contributed by atoms with Crippen molar-refractivity contribution in [1.82, 2.24) is 10.3 Å². The summed E-state index contributed by atoms with van der Waals surface area (Å²) < 4.78 is 0.422. The molecule has 1 rings (SSSR count). The van der Waals surface area contributed by atoms with Crippen LogP contribution in [0.25, 0.3) is 0 Å². The summed E-state index contributed by atoms with van der Waals surface area (Å²) in [7, 11) is 0. The van der Waals surface area contributed by atoms with Gasteiger partial charge < -0.3 is 15.4 Å². The van der Waals surface area contributed by atoms with Gasteiger partial charge >= 0.3 is 0 Å². The number of aromatic nitrogens is 1. The first-order chi connectivity index (χ1) is 7.15. The predicted octanol–water partition coefficient (Wildman–Crippen LogP) is 1.24. The smallest absolute Gasteiger partial charge is 0.254 e. The number of H-pyrrole nitrogens is 1. The number of nitrogens with one attached hydrogen (secondary N) is 2. The van der Waals surface area contributed by atoms with E-state index >= 15 is 0 Å². The Balaban J connectivity index is 2.70. The van der Waals surface area contributed by atoms with Gasteiger partial charge in [0, 0.05) is 18.8 Å². The maximum absolute atomic E-state index is 11.7. The monoisotopic (exact) mass is 226 g/mol. The summed E-state index contributed by atoms with van der Waals surface area (Å²) in [6, 6.07) is 3.33. The Morgan fingerprint density at radius 3 is 3.07 bits per heavy atom. The highest BCUT2D eigenvalue weighted by Crippen LogP contribution is 2.00. The normalized spacial score (nSPS) is 12.1. The van der Waals surface area contributed by atoms with Crippen LogP contribution in [-0.4, -0.2) is 28.6 Å². The number of aliphatic hydroxyl groups excluding tert-OH is 1. The molecule has 0 radical (unpaired) electrons. The Morgan fingerprint density at radius 1 is 1.73 bits per heavy atom. The SMILES string of the molecule is CC(CCO)NC(=O)c1ccc[nH]c1=S. The van der Waals surface area contributed by atoms with Crippen LogP contribution in [0.4, 0.5) is 0 Å². The van der Waals surface area contributed by atoms with Crippen LogP contribution in [-0.2, 0) is 0 Å². The van der Waals surface area contributed by atoms with Gasteiger partial charge in [0.05, 0.1) is 5.56 Å². The van der Waals surface area contributed by atoms with E-state index in [1.807, 2.05) is 6.92 Å². The maximum Gasteiger partial charge on any atom is 0.254 e. The van der Waals surface area contributed by atoms with E-state index in [2.05, 4.69) is 10.3 Å². The molecule has 0 aliphatic rings. The zero-order chi connectivity index (χ0) is 11.3. The van der Waals surface area contributed by atoms with Crippen molar-refractivity contribution in [2.75, 3.05) is 6.61 Å². The molecule has 1 amide bonds. The van der Waals surface area contributed by atoms with Gasteiger partial charge in [0.25, 0.3) is 5.91 Å². The lowest BCUT2D eigenvalue weighted by molar-refractivity contribution is 0.0933. The molecule has 82 valence electrons. The van der Waals surface area contributed by atoms with Gasteiger partial charge in [-0.15, -0.1) is 0 Å². The van der Waals surface area contributed by atoms with E-state index in [0.29, 0.717) is 16.6 Å². The highest BCUT2D eigenvalue weighted by molar-refractivity contribution is 7.71. The van der Waals surface area contributed by atoms with Gasteiger partial charge in [-0.3, -0.25) is 4.79 Å². The molecule has 1 aromatic rings. The summed E-state index contributed by atoms with van der Waals surface area (Å²) in [4.78, 5) is 14.5. The first kappa shape index (κ1) is 11.9. The van der Waals surface area contributed by atoms with Crippen LogP contribution < -0.4 is 5.32 Å². The summed E-state index contributed by atoms with van der Waals surface area (Å²) in [6.45, 7) is 1.90. The van der Waals surface area contributed by atoms with Gasteiger partial charge in [-0.25, -0.2) is 0 Å². The number of amides is 1. The molecule has 1 atom stereocenters. The van der Waals surface area contributed by atoms with Crippen LogP contribution in [0.15, 0.2) is 18.3 Å². The largest absolute Gasteiger partial charge is 0.396 e. The molecule has 1 aromatic heterocycles. The van der Waals surface area contributed by atoms with Crippen LogP contribution in [0, 0.1) is 4.64 Å². The van der Waals surface area contributed by atoms with Crippen molar-refractivity contribution >= 4 is 18.1 Å². The summed E-state index contributed by atoms with van der Waals surface area (Å²) in [5.74, 6) is -0.210. The predicted molar refractivity (Wildman–Crippen MR) is 60.3 cm³/mol. The lowest BCUT2D eigenvalue weighted by Crippen LogP contribution is -2.33. The number of carbonyl (C=O) groups is 1.